The fourth-order valence-corrected chi connectivity index (χ4v) is 1.82. The zero-order chi connectivity index (χ0) is 11.6. The molecular formula is C11H15ClFNO. The zero-order valence-corrected chi connectivity index (χ0v) is 9.86. The molecule has 84 valence electrons. The molecule has 1 unspecified atom stereocenters. The van der Waals surface area contributed by atoms with Crippen molar-refractivity contribution in [2.45, 2.75) is 26.3 Å². The minimum atomic E-state index is -0.323. The van der Waals surface area contributed by atoms with E-state index in [1.807, 2.05) is 6.92 Å². The molecule has 0 aliphatic heterocycles. The van der Waals surface area contributed by atoms with Gasteiger partial charge in [-0.1, -0.05) is 11.6 Å². The number of nitrogens with two attached hydrogens (primary N) is 1. The molecule has 0 bridgehead atoms. The first kappa shape index (κ1) is 12.3. The van der Waals surface area contributed by atoms with E-state index < -0.39 is 0 Å². The lowest BCUT2D eigenvalue weighted by molar-refractivity contribution is 0.406. The molecule has 1 aromatic rings. The molecule has 15 heavy (non-hydrogen) atoms. The quantitative estimate of drug-likeness (QED) is 0.868. The van der Waals surface area contributed by atoms with Gasteiger partial charge in [0.2, 0.25) is 0 Å². The Morgan fingerprint density at radius 2 is 2.20 bits per heavy atom. The summed E-state index contributed by atoms with van der Waals surface area (Å²) in [6, 6.07) is 1.20. The van der Waals surface area contributed by atoms with E-state index in [-0.39, 0.29) is 16.9 Å². The highest BCUT2D eigenvalue weighted by molar-refractivity contribution is 6.32. The fourth-order valence-electron chi connectivity index (χ4n) is 1.53. The molecule has 1 rings (SSSR count). The molecule has 1 aromatic carbocycles. The Balaban J connectivity index is 3.30. The van der Waals surface area contributed by atoms with E-state index in [4.69, 9.17) is 22.1 Å². The maximum atomic E-state index is 13.4. The van der Waals surface area contributed by atoms with E-state index in [0.29, 0.717) is 17.7 Å². The Bertz CT molecular complexity index is 366. The lowest BCUT2D eigenvalue weighted by Gasteiger charge is -2.15. The van der Waals surface area contributed by atoms with Crippen molar-refractivity contribution in [3.05, 3.63) is 28.0 Å². The molecule has 0 heterocycles. The summed E-state index contributed by atoms with van der Waals surface area (Å²) in [6.45, 7) is 3.56. The Kier molecular flexibility index (Phi) is 3.94. The van der Waals surface area contributed by atoms with Crippen LogP contribution in [0, 0.1) is 12.7 Å². The molecule has 0 saturated carbocycles. The van der Waals surface area contributed by atoms with Crippen molar-refractivity contribution in [3.63, 3.8) is 0 Å². The lowest BCUT2D eigenvalue weighted by Crippen LogP contribution is -2.19. The largest absolute Gasteiger partial charge is 0.495 e. The summed E-state index contributed by atoms with van der Waals surface area (Å²) in [5.41, 5.74) is 6.99. The van der Waals surface area contributed by atoms with Gasteiger partial charge in [0.05, 0.1) is 12.1 Å². The number of benzene rings is 1. The van der Waals surface area contributed by atoms with Crippen LogP contribution in [0.15, 0.2) is 6.07 Å². The number of hydrogen-bond acceptors (Lipinski definition) is 2. The maximum Gasteiger partial charge on any atom is 0.141 e. The molecular weight excluding hydrogens is 217 g/mol. The number of methoxy groups -OCH3 is 1. The second kappa shape index (κ2) is 4.81. The second-order valence-electron chi connectivity index (χ2n) is 3.66. The Hall–Kier alpha value is -0.800. The first-order chi connectivity index (χ1) is 6.97. The van der Waals surface area contributed by atoms with Crippen molar-refractivity contribution in [2.75, 3.05) is 7.11 Å². The summed E-state index contributed by atoms with van der Waals surface area (Å²) in [6.07, 6.45) is 0.548. The monoisotopic (exact) mass is 231 g/mol. The first-order valence-electron chi connectivity index (χ1n) is 4.74. The van der Waals surface area contributed by atoms with Crippen LogP contribution in [0.1, 0.15) is 18.1 Å². The summed E-state index contributed by atoms with van der Waals surface area (Å²) in [5, 5.41) is 0.288. The van der Waals surface area contributed by atoms with Crippen LogP contribution in [0.25, 0.3) is 0 Å². The van der Waals surface area contributed by atoms with Gasteiger partial charge < -0.3 is 10.5 Å². The van der Waals surface area contributed by atoms with Crippen LogP contribution in [0.5, 0.6) is 5.75 Å². The van der Waals surface area contributed by atoms with Crippen LogP contribution in [-0.2, 0) is 6.42 Å². The molecule has 0 radical (unpaired) electrons. The van der Waals surface area contributed by atoms with E-state index >= 15 is 0 Å². The highest BCUT2D eigenvalue weighted by atomic mass is 35.5. The van der Waals surface area contributed by atoms with Crippen LogP contribution < -0.4 is 10.5 Å². The van der Waals surface area contributed by atoms with E-state index in [1.54, 1.807) is 6.92 Å². The van der Waals surface area contributed by atoms with Crippen LogP contribution in [-0.4, -0.2) is 13.2 Å². The molecule has 0 fully saturated rings. The van der Waals surface area contributed by atoms with Gasteiger partial charge in [0, 0.05) is 11.6 Å². The Morgan fingerprint density at radius 3 is 2.67 bits per heavy atom. The fraction of sp³-hybridized carbons (Fsp3) is 0.455. The molecule has 0 amide bonds. The van der Waals surface area contributed by atoms with Gasteiger partial charge in [0.25, 0.3) is 0 Å². The Morgan fingerprint density at radius 1 is 1.60 bits per heavy atom. The van der Waals surface area contributed by atoms with Gasteiger partial charge >= 0.3 is 0 Å². The minimum absolute atomic E-state index is 0.0598. The van der Waals surface area contributed by atoms with E-state index in [1.165, 1.54) is 13.2 Å². The first-order valence-corrected chi connectivity index (χ1v) is 5.12. The summed E-state index contributed by atoms with van der Waals surface area (Å²) < 4.78 is 18.6. The van der Waals surface area contributed by atoms with Crippen molar-refractivity contribution < 1.29 is 9.13 Å². The summed E-state index contributed by atoms with van der Waals surface area (Å²) in [4.78, 5) is 0. The molecule has 0 saturated heterocycles. The summed E-state index contributed by atoms with van der Waals surface area (Å²) in [7, 11) is 1.52. The van der Waals surface area contributed by atoms with Gasteiger partial charge in [-0.15, -0.1) is 0 Å². The average Bonchev–Trinajstić information content (AvgIpc) is 2.13. The third-order valence-electron chi connectivity index (χ3n) is 2.29. The molecule has 1 atom stereocenters. The molecule has 0 spiro atoms. The highest BCUT2D eigenvalue weighted by Gasteiger charge is 2.16. The summed E-state index contributed by atoms with van der Waals surface area (Å²) >= 11 is 5.88. The third-order valence-corrected chi connectivity index (χ3v) is 2.57. The van der Waals surface area contributed by atoms with Gasteiger partial charge in [-0.05, 0) is 31.9 Å². The van der Waals surface area contributed by atoms with E-state index in [2.05, 4.69) is 0 Å². The zero-order valence-electron chi connectivity index (χ0n) is 9.10. The van der Waals surface area contributed by atoms with Crippen LogP contribution in [0.3, 0.4) is 0 Å². The topological polar surface area (TPSA) is 35.2 Å². The van der Waals surface area contributed by atoms with Gasteiger partial charge in [0.15, 0.2) is 0 Å². The molecule has 0 aliphatic carbocycles. The van der Waals surface area contributed by atoms with Crippen molar-refractivity contribution >= 4 is 11.6 Å². The number of ether oxygens (including phenoxy) is 1. The standard InChI is InChI=1S/C11H15ClFNO/c1-6(14)4-8-7(2)10(13)5-9(12)11(8)15-3/h5-6H,4,14H2,1-3H3. The van der Waals surface area contributed by atoms with Crippen molar-refractivity contribution in [1.82, 2.24) is 0 Å². The predicted molar refractivity (Wildman–Crippen MR) is 60.1 cm³/mol. The normalized spacial score (nSPS) is 12.7. The highest BCUT2D eigenvalue weighted by Crippen LogP contribution is 2.33. The van der Waals surface area contributed by atoms with Crippen LogP contribution >= 0.6 is 11.6 Å². The minimum Gasteiger partial charge on any atom is -0.495 e. The van der Waals surface area contributed by atoms with E-state index in [0.717, 1.165) is 5.56 Å². The molecule has 0 aliphatic rings. The van der Waals surface area contributed by atoms with Gasteiger partial charge in [-0.2, -0.15) is 0 Å². The molecule has 2 nitrogen and oxygen atoms in total. The van der Waals surface area contributed by atoms with Crippen molar-refractivity contribution in [1.29, 1.82) is 0 Å². The Labute approximate surface area is 94.2 Å². The smallest absolute Gasteiger partial charge is 0.141 e. The number of rotatable bonds is 3. The van der Waals surface area contributed by atoms with Crippen molar-refractivity contribution in [3.8, 4) is 5.75 Å². The maximum absolute atomic E-state index is 13.4. The second-order valence-corrected chi connectivity index (χ2v) is 4.07. The van der Waals surface area contributed by atoms with Crippen LogP contribution in [0.2, 0.25) is 5.02 Å². The predicted octanol–water partition coefficient (Wildman–Crippen LogP) is 2.69. The molecule has 0 aromatic heterocycles. The molecule has 4 heteroatoms. The average molecular weight is 232 g/mol. The molecule has 2 N–H and O–H groups in total. The number of halogens is 2. The SMILES string of the molecule is COc1c(Cl)cc(F)c(C)c1CC(C)N. The van der Waals surface area contributed by atoms with Gasteiger partial charge in [-0.3, -0.25) is 0 Å². The lowest BCUT2D eigenvalue weighted by atomic mass is 10.0. The van der Waals surface area contributed by atoms with Crippen LogP contribution in [0.4, 0.5) is 4.39 Å². The number of hydrogen-bond donors (Lipinski definition) is 1. The van der Waals surface area contributed by atoms with Gasteiger partial charge in [0.1, 0.15) is 11.6 Å². The van der Waals surface area contributed by atoms with E-state index in [9.17, 15) is 4.39 Å². The van der Waals surface area contributed by atoms with Gasteiger partial charge in [-0.25, -0.2) is 4.39 Å². The third kappa shape index (κ3) is 2.61. The summed E-state index contributed by atoms with van der Waals surface area (Å²) in [5.74, 6) is 0.198. The van der Waals surface area contributed by atoms with Crippen molar-refractivity contribution in [2.24, 2.45) is 5.73 Å².